The van der Waals surface area contributed by atoms with Crippen molar-refractivity contribution in [3.05, 3.63) is 0 Å². The van der Waals surface area contributed by atoms with Gasteiger partial charge in [0.1, 0.15) is 0 Å². The minimum absolute atomic E-state index is 0.285. The average molecular weight is 247 g/mol. The van der Waals surface area contributed by atoms with E-state index in [-0.39, 0.29) is 5.75 Å². The van der Waals surface area contributed by atoms with Crippen molar-refractivity contribution >= 4 is 10.0 Å². The zero-order chi connectivity index (χ0) is 11.9. The number of unbranched alkanes of at least 4 members (excludes halogenated alkanes) is 1. The Morgan fingerprint density at radius 3 is 2.50 bits per heavy atom. The summed E-state index contributed by atoms with van der Waals surface area (Å²) >= 11 is 0. The van der Waals surface area contributed by atoms with E-state index >= 15 is 0 Å². The van der Waals surface area contributed by atoms with Gasteiger partial charge in [0.05, 0.1) is 5.75 Å². The van der Waals surface area contributed by atoms with Gasteiger partial charge in [-0.3, -0.25) is 0 Å². The number of hydrogen-bond acceptors (Lipinski definition) is 2. The van der Waals surface area contributed by atoms with E-state index in [0.717, 1.165) is 25.2 Å². The first-order chi connectivity index (χ1) is 7.64. The molecule has 0 atom stereocenters. The fraction of sp³-hybridized carbons (Fsp3) is 1.00. The highest BCUT2D eigenvalue weighted by Crippen LogP contribution is 2.28. The zero-order valence-electron chi connectivity index (χ0n) is 10.4. The molecule has 0 heterocycles. The lowest BCUT2D eigenvalue weighted by Crippen LogP contribution is -2.27. The molecule has 1 fully saturated rings. The molecule has 16 heavy (non-hydrogen) atoms. The highest BCUT2D eigenvalue weighted by molar-refractivity contribution is 7.89. The Bertz CT molecular complexity index is 269. The molecule has 0 aromatic carbocycles. The molecule has 0 unspecified atom stereocenters. The molecule has 1 aliphatic carbocycles. The van der Waals surface area contributed by atoms with Crippen molar-refractivity contribution in [1.29, 1.82) is 0 Å². The standard InChI is InChI=1S/C12H25NO2S/c1-2-3-11-16(14,15)13-10-6-9-12-7-4-5-8-12/h12-13H,2-11H2,1H3. The predicted molar refractivity (Wildman–Crippen MR) is 67.9 cm³/mol. The van der Waals surface area contributed by atoms with Gasteiger partial charge in [0.25, 0.3) is 0 Å². The predicted octanol–water partition coefficient (Wildman–Crippen LogP) is 2.68. The zero-order valence-corrected chi connectivity index (χ0v) is 11.2. The third-order valence-corrected chi connectivity index (χ3v) is 4.82. The molecule has 1 N–H and O–H groups in total. The van der Waals surface area contributed by atoms with Gasteiger partial charge in [0.2, 0.25) is 10.0 Å². The van der Waals surface area contributed by atoms with Crippen molar-refractivity contribution in [2.75, 3.05) is 12.3 Å². The Morgan fingerprint density at radius 1 is 1.19 bits per heavy atom. The summed E-state index contributed by atoms with van der Waals surface area (Å²) < 4.78 is 25.6. The van der Waals surface area contributed by atoms with E-state index in [1.165, 1.54) is 32.1 Å². The van der Waals surface area contributed by atoms with Crippen molar-refractivity contribution < 1.29 is 8.42 Å². The van der Waals surface area contributed by atoms with Crippen LogP contribution in [0, 0.1) is 5.92 Å². The van der Waals surface area contributed by atoms with Crippen molar-refractivity contribution in [2.24, 2.45) is 5.92 Å². The fourth-order valence-electron chi connectivity index (χ4n) is 2.32. The van der Waals surface area contributed by atoms with Crippen LogP contribution in [0.25, 0.3) is 0 Å². The molecular formula is C12H25NO2S. The Balaban J connectivity index is 2.05. The summed E-state index contributed by atoms with van der Waals surface area (Å²) in [6.07, 6.45) is 9.32. The van der Waals surface area contributed by atoms with Crippen LogP contribution >= 0.6 is 0 Å². The molecule has 0 saturated heterocycles. The highest BCUT2D eigenvalue weighted by Gasteiger charge is 2.14. The SMILES string of the molecule is CCCCS(=O)(=O)NCCCC1CCCC1. The lowest BCUT2D eigenvalue weighted by Gasteiger charge is -2.09. The summed E-state index contributed by atoms with van der Waals surface area (Å²) in [5.74, 6) is 1.15. The Hall–Kier alpha value is -0.0900. The largest absolute Gasteiger partial charge is 0.215 e. The maximum absolute atomic E-state index is 11.5. The maximum Gasteiger partial charge on any atom is 0.211 e. The van der Waals surface area contributed by atoms with Crippen LogP contribution in [0.3, 0.4) is 0 Å². The summed E-state index contributed by atoms with van der Waals surface area (Å²) in [6.45, 7) is 2.64. The molecule has 0 spiro atoms. The van der Waals surface area contributed by atoms with Crippen LogP contribution in [-0.4, -0.2) is 20.7 Å². The van der Waals surface area contributed by atoms with E-state index in [1.807, 2.05) is 6.92 Å². The van der Waals surface area contributed by atoms with Gasteiger partial charge in [-0.15, -0.1) is 0 Å². The molecule has 4 heteroatoms. The van der Waals surface area contributed by atoms with Crippen molar-refractivity contribution in [3.63, 3.8) is 0 Å². The van der Waals surface area contributed by atoms with Crippen LogP contribution < -0.4 is 4.72 Å². The first-order valence-electron chi connectivity index (χ1n) is 6.61. The molecule has 1 aliphatic rings. The molecule has 1 saturated carbocycles. The molecule has 96 valence electrons. The second kappa shape index (κ2) is 7.28. The first kappa shape index (κ1) is 14.0. The van der Waals surface area contributed by atoms with Gasteiger partial charge in [-0.1, -0.05) is 39.0 Å². The Labute approximate surface area is 100 Å². The summed E-state index contributed by atoms with van der Waals surface area (Å²) in [5.41, 5.74) is 0. The Morgan fingerprint density at radius 2 is 1.88 bits per heavy atom. The monoisotopic (exact) mass is 247 g/mol. The molecule has 1 rings (SSSR count). The number of sulfonamides is 1. The maximum atomic E-state index is 11.5. The van der Waals surface area contributed by atoms with Crippen molar-refractivity contribution in [1.82, 2.24) is 4.72 Å². The summed E-state index contributed by atoms with van der Waals surface area (Å²) in [4.78, 5) is 0. The van der Waals surface area contributed by atoms with Gasteiger partial charge in [0, 0.05) is 6.54 Å². The first-order valence-corrected chi connectivity index (χ1v) is 8.26. The van der Waals surface area contributed by atoms with E-state index in [4.69, 9.17) is 0 Å². The lowest BCUT2D eigenvalue weighted by molar-refractivity contribution is 0.480. The molecule has 3 nitrogen and oxygen atoms in total. The van der Waals surface area contributed by atoms with Gasteiger partial charge in [-0.2, -0.15) is 0 Å². The van der Waals surface area contributed by atoms with Crippen molar-refractivity contribution in [2.45, 2.75) is 58.3 Å². The smallest absolute Gasteiger partial charge is 0.211 e. The van der Waals surface area contributed by atoms with Crippen LogP contribution in [0.2, 0.25) is 0 Å². The third kappa shape index (κ3) is 5.85. The number of rotatable bonds is 8. The summed E-state index contributed by atoms with van der Waals surface area (Å²) in [5, 5.41) is 0. The topological polar surface area (TPSA) is 46.2 Å². The van der Waals surface area contributed by atoms with Gasteiger partial charge >= 0.3 is 0 Å². The summed E-state index contributed by atoms with van der Waals surface area (Å²) in [7, 11) is -2.99. The third-order valence-electron chi connectivity index (χ3n) is 3.35. The molecular weight excluding hydrogens is 222 g/mol. The molecule has 0 aromatic rings. The van der Waals surface area contributed by atoms with E-state index in [0.29, 0.717) is 6.54 Å². The van der Waals surface area contributed by atoms with Crippen LogP contribution in [0.5, 0.6) is 0 Å². The minimum atomic E-state index is -2.99. The van der Waals surface area contributed by atoms with Gasteiger partial charge in [0.15, 0.2) is 0 Å². The van der Waals surface area contributed by atoms with E-state index in [9.17, 15) is 8.42 Å². The second-order valence-electron chi connectivity index (χ2n) is 4.86. The second-order valence-corrected chi connectivity index (χ2v) is 6.79. The number of hydrogen-bond donors (Lipinski definition) is 1. The molecule has 0 bridgehead atoms. The van der Waals surface area contributed by atoms with Crippen molar-refractivity contribution in [3.8, 4) is 0 Å². The van der Waals surface area contributed by atoms with Crippen LogP contribution in [0.1, 0.15) is 58.3 Å². The molecule has 0 amide bonds. The van der Waals surface area contributed by atoms with E-state index in [1.54, 1.807) is 0 Å². The Kier molecular flexibility index (Phi) is 6.36. The van der Waals surface area contributed by atoms with Crippen LogP contribution in [-0.2, 0) is 10.0 Å². The van der Waals surface area contributed by atoms with Gasteiger partial charge < -0.3 is 0 Å². The van der Waals surface area contributed by atoms with Crippen LogP contribution in [0.15, 0.2) is 0 Å². The molecule has 0 radical (unpaired) electrons. The summed E-state index contributed by atoms with van der Waals surface area (Å²) in [6, 6.07) is 0. The quantitative estimate of drug-likeness (QED) is 0.670. The lowest BCUT2D eigenvalue weighted by atomic mass is 10.0. The highest BCUT2D eigenvalue weighted by atomic mass is 32.2. The average Bonchev–Trinajstić information content (AvgIpc) is 2.75. The van der Waals surface area contributed by atoms with Gasteiger partial charge in [-0.25, -0.2) is 13.1 Å². The minimum Gasteiger partial charge on any atom is -0.215 e. The van der Waals surface area contributed by atoms with E-state index < -0.39 is 10.0 Å². The number of nitrogens with one attached hydrogen (secondary N) is 1. The molecule has 0 aromatic heterocycles. The van der Waals surface area contributed by atoms with E-state index in [2.05, 4.69) is 4.72 Å². The fourth-order valence-corrected chi connectivity index (χ4v) is 3.59. The molecule has 0 aliphatic heterocycles. The normalized spacial score (nSPS) is 18.1. The van der Waals surface area contributed by atoms with Gasteiger partial charge in [-0.05, 0) is 25.2 Å². The van der Waals surface area contributed by atoms with Crippen LogP contribution in [0.4, 0.5) is 0 Å².